The Balaban J connectivity index is 1.97. The highest BCUT2D eigenvalue weighted by atomic mass is 14.7. The standard InChI is InChI=1S/C21H38/c1-7-16-11-13-21(6)18-10-9-15(3)19(4,8-2)17(18)12-14-20(16,21)5/h15-18H,7-14H2,1-6H3. The van der Waals surface area contributed by atoms with Crippen molar-refractivity contribution >= 4 is 0 Å². The molecule has 3 aliphatic rings. The summed E-state index contributed by atoms with van der Waals surface area (Å²) in [5, 5.41) is 0. The largest absolute Gasteiger partial charge is 0.0651 e. The fourth-order valence-electron chi connectivity index (χ4n) is 7.44. The van der Waals surface area contributed by atoms with E-state index in [2.05, 4.69) is 41.5 Å². The lowest BCUT2D eigenvalue weighted by atomic mass is 9.42. The van der Waals surface area contributed by atoms with Crippen LogP contribution < -0.4 is 0 Å². The van der Waals surface area contributed by atoms with Crippen molar-refractivity contribution in [2.24, 2.45) is 39.9 Å². The Morgan fingerprint density at radius 1 is 0.810 bits per heavy atom. The van der Waals surface area contributed by atoms with Gasteiger partial charge < -0.3 is 0 Å². The molecule has 3 fully saturated rings. The van der Waals surface area contributed by atoms with Crippen LogP contribution in [0, 0.1) is 39.9 Å². The minimum absolute atomic E-state index is 0.609. The Labute approximate surface area is 133 Å². The highest BCUT2D eigenvalue weighted by molar-refractivity contribution is 5.12. The zero-order valence-corrected chi connectivity index (χ0v) is 15.5. The molecule has 122 valence electrons. The molecule has 0 heteroatoms. The molecule has 7 atom stereocenters. The molecule has 21 heavy (non-hydrogen) atoms. The molecule has 0 heterocycles. The second kappa shape index (κ2) is 5.00. The van der Waals surface area contributed by atoms with Gasteiger partial charge in [-0.15, -0.1) is 0 Å². The summed E-state index contributed by atoms with van der Waals surface area (Å²) in [7, 11) is 0. The minimum Gasteiger partial charge on any atom is -0.0651 e. The predicted molar refractivity (Wildman–Crippen MR) is 92.2 cm³/mol. The summed E-state index contributed by atoms with van der Waals surface area (Å²) in [6, 6.07) is 0. The predicted octanol–water partition coefficient (Wildman–Crippen LogP) is 6.69. The summed E-state index contributed by atoms with van der Waals surface area (Å²) in [4.78, 5) is 0. The first-order valence-electron chi connectivity index (χ1n) is 9.83. The van der Waals surface area contributed by atoms with Crippen LogP contribution in [0.1, 0.15) is 92.9 Å². The van der Waals surface area contributed by atoms with Crippen molar-refractivity contribution < 1.29 is 0 Å². The van der Waals surface area contributed by atoms with Gasteiger partial charge in [-0.05, 0) is 78.4 Å². The molecule has 3 rings (SSSR count). The van der Waals surface area contributed by atoms with Crippen molar-refractivity contribution in [1.29, 1.82) is 0 Å². The van der Waals surface area contributed by atoms with E-state index in [9.17, 15) is 0 Å². The first-order valence-corrected chi connectivity index (χ1v) is 9.83. The molecule has 0 amide bonds. The number of hydrogen-bond acceptors (Lipinski definition) is 0. The molecule has 3 saturated carbocycles. The Hall–Kier alpha value is 0. The summed E-state index contributed by atoms with van der Waals surface area (Å²) < 4.78 is 0. The van der Waals surface area contributed by atoms with E-state index in [-0.39, 0.29) is 0 Å². The fourth-order valence-corrected chi connectivity index (χ4v) is 7.44. The van der Waals surface area contributed by atoms with Crippen molar-refractivity contribution in [3.63, 3.8) is 0 Å². The lowest BCUT2D eigenvalue weighted by Crippen LogP contribution is -2.55. The summed E-state index contributed by atoms with van der Waals surface area (Å²) in [6.45, 7) is 15.4. The van der Waals surface area contributed by atoms with E-state index in [1.165, 1.54) is 51.4 Å². The van der Waals surface area contributed by atoms with Gasteiger partial charge in [0.15, 0.2) is 0 Å². The van der Waals surface area contributed by atoms with Gasteiger partial charge in [-0.2, -0.15) is 0 Å². The second-order valence-electron chi connectivity index (χ2n) is 9.57. The van der Waals surface area contributed by atoms with E-state index < -0.39 is 0 Å². The van der Waals surface area contributed by atoms with Crippen LogP contribution in [0.15, 0.2) is 0 Å². The van der Waals surface area contributed by atoms with E-state index in [0.717, 1.165) is 23.7 Å². The van der Waals surface area contributed by atoms with E-state index >= 15 is 0 Å². The van der Waals surface area contributed by atoms with Gasteiger partial charge in [0.05, 0.1) is 0 Å². The second-order valence-corrected chi connectivity index (χ2v) is 9.57. The van der Waals surface area contributed by atoms with Crippen LogP contribution >= 0.6 is 0 Å². The maximum atomic E-state index is 2.70. The molecule has 0 aromatic carbocycles. The van der Waals surface area contributed by atoms with Gasteiger partial charge in [0.2, 0.25) is 0 Å². The third-order valence-corrected chi connectivity index (χ3v) is 9.63. The van der Waals surface area contributed by atoms with Gasteiger partial charge in [0.25, 0.3) is 0 Å². The van der Waals surface area contributed by atoms with Gasteiger partial charge in [-0.3, -0.25) is 0 Å². The molecule has 0 nitrogen and oxygen atoms in total. The van der Waals surface area contributed by atoms with Crippen molar-refractivity contribution in [2.45, 2.75) is 92.9 Å². The molecular weight excluding hydrogens is 252 g/mol. The lowest BCUT2D eigenvalue weighted by Gasteiger charge is -2.63. The topological polar surface area (TPSA) is 0 Å². The summed E-state index contributed by atoms with van der Waals surface area (Å²) >= 11 is 0. The monoisotopic (exact) mass is 290 g/mol. The summed E-state index contributed by atoms with van der Waals surface area (Å²) in [6.07, 6.45) is 11.8. The van der Waals surface area contributed by atoms with Gasteiger partial charge in [0, 0.05) is 0 Å². The van der Waals surface area contributed by atoms with E-state index in [1.54, 1.807) is 0 Å². The van der Waals surface area contributed by atoms with Crippen LogP contribution in [0.2, 0.25) is 0 Å². The summed E-state index contributed by atoms with van der Waals surface area (Å²) in [5.41, 5.74) is 1.88. The van der Waals surface area contributed by atoms with Gasteiger partial charge in [-0.1, -0.05) is 54.4 Å². The molecule has 3 aliphatic carbocycles. The maximum absolute atomic E-state index is 2.70. The Morgan fingerprint density at radius 2 is 1.48 bits per heavy atom. The molecule has 0 aliphatic heterocycles. The SMILES string of the molecule is CCC1CCC2(C)C3CCC(C)C(C)(CC)C3CCC12C. The average Bonchev–Trinajstić information content (AvgIpc) is 2.74. The van der Waals surface area contributed by atoms with E-state index in [4.69, 9.17) is 0 Å². The van der Waals surface area contributed by atoms with Crippen molar-refractivity contribution in [2.75, 3.05) is 0 Å². The highest BCUT2D eigenvalue weighted by Gasteiger charge is 2.63. The molecule has 0 spiro atoms. The van der Waals surface area contributed by atoms with E-state index in [1.807, 2.05) is 0 Å². The van der Waals surface area contributed by atoms with Crippen molar-refractivity contribution in [1.82, 2.24) is 0 Å². The quantitative estimate of drug-likeness (QED) is 0.531. The van der Waals surface area contributed by atoms with Crippen LogP contribution in [0.5, 0.6) is 0 Å². The average molecular weight is 291 g/mol. The zero-order chi connectivity index (χ0) is 15.5. The van der Waals surface area contributed by atoms with Crippen LogP contribution in [-0.2, 0) is 0 Å². The fraction of sp³-hybridized carbons (Fsp3) is 1.00. The van der Waals surface area contributed by atoms with Crippen molar-refractivity contribution in [3.8, 4) is 0 Å². The molecule has 0 aromatic rings. The molecule has 0 aromatic heterocycles. The number of hydrogen-bond donors (Lipinski definition) is 0. The third kappa shape index (κ3) is 1.86. The molecule has 0 saturated heterocycles. The molecular formula is C21H38. The van der Waals surface area contributed by atoms with Crippen molar-refractivity contribution in [3.05, 3.63) is 0 Å². The van der Waals surface area contributed by atoms with Gasteiger partial charge in [-0.25, -0.2) is 0 Å². The highest BCUT2D eigenvalue weighted by Crippen LogP contribution is 2.72. The molecule has 0 bridgehead atoms. The molecule has 0 radical (unpaired) electrons. The lowest BCUT2D eigenvalue weighted by molar-refractivity contribution is -0.141. The Bertz CT molecular complexity index is 399. The summed E-state index contributed by atoms with van der Waals surface area (Å²) in [5.74, 6) is 3.93. The smallest absolute Gasteiger partial charge is 0.0238 e. The Kier molecular flexibility index (Phi) is 3.78. The Morgan fingerprint density at radius 3 is 2.10 bits per heavy atom. The number of rotatable bonds is 2. The van der Waals surface area contributed by atoms with Gasteiger partial charge in [0.1, 0.15) is 0 Å². The number of fused-ring (bicyclic) bond motifs is 3. The maximum Gasteiger partial charge on any atom is -0.0238 e. The van der Waals surface area contributed by atoms with Crippen LogP contribution in [0.25, 0.3) is 0 Å². The third-order valence-electron chi connectivity index (χ3n) is 9.63. The molecule has 7 unspecified atom stereocenters. The molecule has 0 N–H and O–H groups in total. The first-order chi connectivity index (χ1) is 9.83. The van der Waals surface area contributed by atoms with Gasteiger partial charge >= 0.3 is 0 Å². The minimum atomic E-state index is 0.609. The normalized spacial score (nSPS) is 56.9. The van der Waals surface area contributed by atoms with Crippen LogP contribution in [0.3, 0.4) is 0 Å². The van der Waals surface area contributed by atoms with E-state index in [0.29, 0.717) is 16.2 Å². The first kappa shape index (κ1) is 15.9. The van der Waals surface area contributed by atoms with Crippen LogP contribution in [0.4, 0.5) is 0 Å². The van der Waals surface area contributed by atoms with Crippen LogP contribution in [-0.4, -0.2) is 0 Å². The zero-order valence-electron chi connectivity index (χ0n) is 15.5.